The van der Waals surface area contributed by atoms with Crippen molar-refractivity contribution in [2.24, 2.45) is 0 Å². The predicted molar refractivity (Wildman–Crippen MR) is 131 cm³/mol. The molecule has 0 spiro atoms. The van der Waals surface area contributed by atoms with E-state index in [0.717, 1.165) is 0 Å². The molecule has 1 aliphatic rings. The number of phenols is 1. The van der Waals surface area contributed by atoms with Crippen LogP contribution < -0.4 is 5.32 Å². The van der Waals surface area contributed by atoms with E-state index >= 15 is 0 Å². The number of fused-ring (bicyclic) bond motifs is 2. The molecule has 0 fully saturated rings. The second-order valence-corrected chi connectivity index (χ2v) is 9.53. The van der Waals surface area contributed by atoms with Crippen molar-refractivity contribution in [2.75, 3.05) is 25.9 Å². The number of halogens is 1. The van der Waals surface area contributed by atoms with E-state index in [0.29, 0.717) is 16.5 Å². The summed E-state index contributed by atoms with van der Waals surface area (Å²) in [5.41, 5.74) is 1.29. The molecule has 0 aliphatic carbocycles. The average Bonchev–Trinajstić information content (AvgIpc) is 3.20. The number of hydrogen-bond donors (Lipinski definition) is 2. The Kier molecular flexibility index (Phi) is 8.05. The van der Waals surface area contributed by atoms with Crippen LogP contribution in [-0.4, -0.2) is 58.7 Å². The van der Waals surface area contributed by atoms with Gasteiger partial charge in [0.15, 0.2) is 18.5 Å². The van der Waals surface area contributed by atoms with Gasteiger partial charge in [-0.25, -0.2) is 9.18 Å². The molecule has 1 aromatic heterocycles. The molecule has 0 saturated heterocycles. The first-order chi connectivity index (χ1) is 17.8. The van der Waals surface area contributed by atoms with Gasteiger partial charge in [0.25, 0.3) is 11.8 Å². The Balaban J connectivity index is 1.54. The molecule has 1 unspecified atom stereocenters. The fraction of sp³-hybridized carbons (Fsp3) is 0.280. The lowest BCUT2D eigenvalue weighted by atomic mass is 9.96. The molecule has 2 N–H and O–H groups in total. The number of phenolic OH excluding ortho intramolecular Hbond substituents is 1. The van der Waals surface area contributed by atoms with Crippen molar-refractivity contribution in [1.82, 2.24) is 15.2 Å². The number of benzene rings is 2. The first-order valence-corrected chi connectivity index (χ1v) is 12.8. The van der Waals surface area contributed by atoms with Gasteiger partial charge in [0.05, 0.1) is 24.3 Å². The molecule has 10 nitrogen and oxygen atoms in total. The average molecular weight is 528 g/mol. The van der Waals surface area contributed by atoms with Gasteiger partial charge in [-0.1, -0.05) is 18.2 Å². The first kappa shape index (κ1) is 26.1. The Morgan fingerprint density at radius 3 is 2.73 bits per heavy atom. The zero-order valence-electron chi connectivity index (χ0n) is 19.9. The molecule has 0 radical (unpaired) electrons. The maximum absolute atomic E-state index is 13.3. The second-order valence-electron chi connectivity index (χ2n) is 8.16. The van der Waals surface area contributed by atoms with Crippen LogP contribution in [0.5, 0.6) is 5.75 Å². The normalized spacial score (nSPS) is 13.0. The third-order valence-electron chi connectivity index (χ3n) is 5.72. The number of hydrogen-bond acceptors (Lipinski definition) is 8. The highest BCUT2D eigenvalue weighted by Gasteiger charge is 2.36. The van der Waals surface area contributed by atoms with Crippen LogP contribution in [0.25, 0.3) is 10.9 Å². The molecule has 1 atom stereocenters. The Bertz CT molecular complexity index is 1380. The smallest absolute Gasteiger partial charge is 0.505 e. The van der Waals surface area contributed by atoms with Crippen LogP contribution in [0.1, 0.15) is 38.8 Å². The van der Waals surface area contributed by atoms with Crippen molar-refractivity contribution >= 4 is 36.7 Å². The standard InChI is InChI=1S/C25H23FN3O7P/c1-2-35-19(30)14-36-37(34)11-10-28-24(32)20-17-4-3-9-27-22(17)23(31)21-18(20)13-29(25(21)33)12-15-5-7-16(26)8-6-15/h3-9H,2,10-14H2,1H3,(H-,28,31,32,33)/p+1. The summed E-state index contributed by atoms with van der Waals surface area (Å²) < 4.78 is 35.0. The number of aromatic hydroxyl groups is 1. The molecule has 192 valence electrons. The molecular formula is C25H24FN3O7P+. The van der Waals surface area contributed by atoms with Crippen molar-refractivity contribution in [2.45, 2.75) is 20.0 Å². The summed E-state index contributed by atoms with van der Waals surface area (Å²) in [5, 5.41) is 13.9. The van der Waals surface area contributed by atoms with Crippen molar-refractivity contribution < 1.29 is 37.7 Å². The highest BCUT2D eigenvalue weighted by Crippen LogP contribution is 2.40. The van der Waals surface area contributed by atoms with Crippen LogP contribution >= 0.6 is 8.03 Å². The molecule has 1 aliphatic heterocycles. The molecule has 2 amide bonds. The van der Waals surface area contributed by atoms with E-state index < -0.39 is 38.2 Å². The van der Waals surface area contributed by atoms with Crippen LogP contribution in [0, 0.1) is 5.82 Å². The minimum atomic E-state index is -2.22. The van der Waals surface area contributed by atoms with Crippen LogP contribution in [0.2, 0.25) is 0 Å². The van der Waals surface area contributed by atoms with E-state index in [1.54, 1.807) is 31.2 Å². The van der Waals surface area contributed by atoms with Gasteiger partial charge < -0.3 is 20.1 Å². The monoisotopic (exact) mass is 528 g/mol. The van der Waals surface area contributed by atoms with Gasteiger partial charge in [-0.15, -0.1) is 4.52 Å². The topological polar surface area (TPSA) is 135 Å². The maximum Gasteiger partial charge on any atom is 0.510 e. The largest absolute Gasteiger partial charge is 0.510 e. The highest BCUT2D eigenvalue weighted by molar-refractivity contribution is 7.39. The van der Waals surface area contributed by atoms with Gasteiger partial charge in [-0.05, 0) is 35.3 Å². The van der Waals surface area contributed by atoms with E-state index in [2.05, 4.69) is 10.3 Å². The number of pyridine rings is 1. The number of amides is 2. The van der Waals surface area contributed by atoms with Gasteiger partial charge in [-0.2, -0.15) is 0 Å². The number of nitrogens with zero attached hydrogens (tertiary/aromatic N) is 2. The van der Waals surface area contributed by atoms with Crippen LogP contribution in [0.15, 0.2) is 42.6 Å². The van der Waals surface area contributed by atoms with Gasteiger partial charge in [0.2, 0.25) is 0 Å². The number of ether oxygens (including phenoxy) is 1. The number of aromatic nitrogens is 1. The lowest BCUT2D eigenvalue weighted by molar-refractivity contribution is -0.145. The summed E-state index contributed by atoms with van der Waals surface area (Å²) >= 11 is 0. The number of carbonyl (C=O) groups excluding carboxylic acids is 3. The molecule has 0 saturated carbocycles. The van der Waals surface area contributed by atoms with Gasteiger partial charge in [-0.3, -0.25) is 14.6 Å². The molecule has 3 aromatic rings. The Morgan fingerprint density at radius 1 is 1.24 bits per heavy atom. The van der Waals surface area contributed by atoms with Crippen LogP contribution in [0.3, 0.4) is 0 Å². The first-order valence-electron chi connectivity index (χ1n) is 11.5. The summed E-state index contributed by atoms with van der Waals surface area (Å²) in [6.07, 6.45) is 1.39. The summed E-state index contributed by atoms with van der Waals surface area (Å²) in [7, 11) is -2.22. The lowest BCUT2D eigenvalue weighted by Gasteiger charge is -2.16. The third-order valence-corrected chi connectivity index (χ3v) is 6.72. The molecule has 2 aromatic carbocycles. The number of nitrogens with one attached hydrogen (secondary N) is 1. The van der Waals surface area contributed by atoms with Gasteiger partial charge in [0.1, 0.15) is 11.3 Å². The van der Waals surface area contributed by atoms with Gasteiger partial charge in [0, 0.05) is 30.2 Å². The Morgan fingerprint density at radius 2 is 2.00 bits per heavy atom. The molecular weight excluding hydrogens is 504 g/mol. The van der Waals surface area contributed by atoms with E-state index in [4.69, 9.17) is 9.26 Å². The lowest BCUT2D eigenvalue weighted by Crippen LogP contribution is -2.27. The molecule has 12 heteroatoms. The van der Waals surface area contributed by atoms with Crippen molar-refractivity contribution in [3.05, 3.63) is 70.7 Å². The number of esters is 1. The number of carbonyl (C=O) groups is 3. The Labute approximate surface area is 212 Å². The maximum atomic E-state index is 13.3. The fourth-order valence-corrected chi connectivity index (χ4v) is 4.77. The minimum absolute atomic E-state index is 0.0118. The van der Waals surface area contributed by atoms with Gasteiger partial charge >= 0.3 is 14.0 Å². The van der Waals surface area contributed by atoms with Crippen molar-refractivity contribution in [3.8, 4) is 5.75 Å². The van der Waals surface area contributed by atoms with Crippen molar-refractivity contribution in [1.29, 1.82) is 0 Å². The van der Waals surface area contributed by atoms with E-state index in [-0.39, 0.29) is 54.8 Å². The predicted octanol–water partition coefficient (Wildman–Crippen LogP) is 3.29. The Hall–Kier alpha value is -3.95. The fourth-order valence-electron chi connectivity index (χ4n) is 4.09. The summed E-state index contributed by atoms with van der Waals surface area (Å²) in [4.78, 5) is 43.4. The summed E-state index contributed by atoms with van der Waals surface area (Å²) in [6.45, 7) is 1.53. The molecule has 37 heavy (non-hydrogen) atoms. The van der Waals surface area contributed by atoms with Crippen LogP contribution in [-0.2, 0) is 31.7 Å². The molecule has 2 heterocycles. The SMILES string of the molecule is CCOC(=O)CO[P+](=O)CCNC(=O)c1c2c(c(O)c3ncccc13)C(=O)N(Cc1ccc(F)cc1)C2. The van der Waals surface area contributed by atoms with E-state index in [1.807, 2.05) is 0 Å². The number of rotatable bonds is 10. The minimum Gasteiger partial charge on any atom is -0.505 e. The molecule has 4 rings (SSSR count). The highest BCUT2D eigenvalue weighted by atomic mass is 31.1. The van der Waals surface area contributed by atoms with E-state index in [9.17, 15) is 28.4 Å². The third kappa shape index (κ3) is 5.73. The van der Waals surface area contributed by atoms with Crippen LogP contribution in [0.4, 0.5) is 4.39 Å². The summed E-state index contributed by atoms with van der Waals surface area (Å²) in [5.74, 6) is -2.37. The summed E-state index contributed by atoms with van der Waals surface area (Å²) in [6, 6.07) is 8.92. The second kappa shape index (κ2) is 11.4. The van der Waals surface area contributed by atoms with Crippen molar-refractivity contribution in [3.63, 3.8) is 0 Å². The zero-order valence-corrected chi connectivity index (χ0v) is 20.8. The molecule has 0 bridgehead atoms. The zero-order chi connectivity index (χ0) is 26.5. The van der Waals surface area contributed by atoms with E-state index in [1.165, 1.54) is 23.2 Å². The quantitative estimate of drug-likeness (QED) is 0.302.